The van der Waals surface area contributed by atoms with Gasteiger partial charge in [-0.05, 0) is 79.8 Å². The smallest absolute Gasteiger partial charge is 0.253 e. The van der Waals surface area contributed by atoms with Crippen LogP contribution in [0.5, 0.6) is 0 Å². The largest absolute Gasteiger partial charge is 0.395 e. The van der Waals surface area contributed by atoms with Crippen LogP contribution in [0.15, 0.2) is 47.3 Å². The van der Waals surface area contributed by atoms with Crippen LogP contribution >= 0.6 is 12.2 Å². The second-order valence-electron chi connectivity index (χ2n) is 7.09. The summed E-state index contributed by atoms with van der Waals surface area (Å²) in [6.07, 6.45) is 0. The Morgan fingerprint density at radius 3 is 2.46 bits per heavy atom. The van der Waals surface area contributed by atoms with Crippen LogP contribution < -0.4 is 10.9 Å². The average molecular weight is 396 g/mol. The number of nitrogens with zero attached hydrogens (tertiary/aromatic N) is 1. The molecule has 0 spiro atoms. The molecule has 146 valence electrons. The first kappa shape index (κ1) is 20.0. The number of hydrogen-bond donors (Lipinski definition) is 3. The quantitative estimate of drug-likeness (QED) is 0.576. The SMILES string of the molecule is Cc1ccc(NC(=S)N(CCO)Cc2cc3cc(C)c(C)cc3[nH]c2=O)cc1. The number of fused-ring (bicyclic) bond motifs is 1. The lowest BCUT2D eigenvalue weighted by Crippen LogP contribution is -2.37. The van der Waals surface area contributed by atoms with E-state index in [1.165, 1.54) is 5.56 Å². The Hall–Kier alpha value is -2.70. The maximum Gasteiger partial charge on any atom is 0.253 e. The van der Waals surface area contributed by atoms with Crippen LogP contribution in [0.25, 0.3) is 10.9 Å². The number of aliphatic hydroxyl groups is 1. The van der Waals surface area contributed by atoms with Gasteiger partial charge in [0.05, 0.1) is 13.2 Å². The molecule has 3 rings (SSSR count). The van der Waals surface area contributed by atoms with Gasteiger partial charge in [-0.25, -0.2) is 0 Å². The molecule has 1 heterocycles. The van der Waals surface area contributed by atoms with Crippen molar-refractivity contribution in [2.45, 2.75) is 27.3 Å². The second-order valence-corrected chi connectivity index (χ2v) is 7.48. The summed E-state index contributed by atoms with van der Waals surface area (Å²) < 4.78 is 0. The zero-order valence-electron chi connectivity index (χ0n) is 16.4. The van der Waals surface area contributed by atoms with E-state index >= 15 is 0 Å². The molecule has 0 bridgehead atoms. The number of anilines is 1. The highest BCUT2D eigenvalue weighted by molar-refractivity contribution is 7.80. The van der Waals surface area contributed by atoms with Crippen LogP contribution in [0.3, 0.4) is 0 Å². The minimum atomic E-state index is -0.142. The van der Waals surface area contributed by atoms with Crippen molar-refractivity contribution in [2.75, 3.05) is 18.5 Å². The molecule has 0 aliphatic heterocycles. The molecule has 3 N–H and O–H groups in total. The highest BCUT2D eigenvalue weighted by Gasteiger charge is 2.13. The van der Waals surface area contributed by atoms with Crippen molar-refractivity contribution >= 4 is 33.9 Å². The van der Waals surface area contributed by atoms with Gasteiger partial charge in [-0.1, -0.05) is 17.7 Å². The fourth-order valence-corrected chi connectivity index (χ4v) is 3.33. The van der Waals surface area contributed by atoms with Crippen LogP contribution in [0.1, 0.15) is 22.3 Å². The van der Waals surface area contributed by atoms with Gasteiger partial charge in [0.2, 0.25) is 0 Å². The fraction of sp³-hybridized carbons (Fsp3) is 0.273. The molecule has 0 unspecified atom stereocenters. The molecular formula is C22H25N3O2S. The highest BCUT2D eigenvalue weighted by Crippen LogP contribution is 2.18. The first-order valence-corrected chi connectivity index (χ1v) is 9.65. The molecule has 2 aromatic carbocycles. The Labute approximate surface area is 170 Å². The van der Waals surface area contributed by atoms with Crippen LogP contribution in [0, 0.1) is 20.8 Å². The zero-order chi connectivity index (χ0) is 20.3. The number of aromatic amines is 1. The van der Waals surface area contributed by atoms with Crippen molar-refractivity contribution in [1.29, 1.82) is 0 Å². The van der Waals surface area contributed by atoms with E-state index in [0.29, 0.717) is 23.8 Å². The maximum atomic E-state index is 12.6. The number of aryl methyl sites for hydroxylation is 3. The van der Waals surface area contributed by atoms with Gasteiger partial charge in [0.25, 0.3) is 5.56 Å². The van der Waals surface area contributed by atoms with Gasteiger partial charge in [0, 0.05) is 23.3 Å². The molecule has 0 saturated heterocycles. The Bertz CT molecular complexity index is 1060. The molecule has 6 heteroatoms. The second kappa shape index (κ2) is 8.54. The molecule has 0 atom stereocenters. The van der Waals surface area contributed by atoms with Crippen LogP contribution in [0.2, 0.25) is 0 Å². The van der Waals surface area contributed by atoms with E-state index in [1.54, 1.807) is 4.90 Å². The molecular weight excluding hydrogens is 370 g/mol. The van der Waals surface area contributed by atoms with Gasteiger partial charge in [-0.2, -0.15) is 0 Å². The van der Waals surface area contributed by atoms with Gasteiger partial charge in [0.1, 0.15) is 0 Å². The molecule has 0 aliphatic rings. The third-order valence-corrected chi connectivity index (χ3v) is 5.22. The normalized spacial score (nSPS) is 10.9. The minimum absolute atomic E-state index is 0.0560. The molecule has 0 radical (unpaired) electrons. The lowest BCUT2D eigenvalue weighted by atomic mass is 10.0. The predicted molar refractivity (Wildman–Crippen MR) is 119 cm³/mol. The lowest BCUT2D eigenvalue weighted by molar-refractivity contribution is 0.248. The lowest BCUT2D eigenvalue weighted by Gasteiger charge is -2.25. The van der Waals surface area contributed by atoms with Crippen molar-refractivity contribution in [3.8, 4) is 0 Å². The number of H-pyrrole nitrogens is 1. The summed E-state index contributed by atoms with van der Waals surface area (Å²) in [6, 6.07) is 13.9. The van der Waals surface area contributed by atoms with E-state index in [4.69, 9.17) is 12.2 Å². The van der Waals surface area contributed by atoms with E-state index in [9.17, 15) is 9.90 Å². The van der Waals surface area contributed by atoms with Crippen LogP contribution in [0.4, 0.5) is 5.69 Å². The van der Waals surface area contributed by atoms with E-state index < -0.39 is 0 Å². The van der Waals surface area contributed by atoms with Crippen LogP contribution in [-0.2, 0) is 6.54 Å². The van der Waals surface area contributed by atoms with E-state index in [1.807, 2.05) is 50.2 Å². The highest BCUT2D eigenvalue weighted by atomic mass is 32.1. The molecule has 0 amide bonds. The topological polar surface area (TPSA) is 68.4 Å². The summed E-state index contributed by atoms with van der Waals surface area (Å²) in [4.78, 5) is 17.3. The molecule has 5 nitrogen and oxygen atoms in total. The first-order valence-electron chi connectivity index (χ1n) is 9.24. The van der Waals surface area contributed by atoms with Gasteiger partial charge in [0.15, 0.2) is 5.11 Å². The third kappa shape index (κ3) is 4.58. The van der Waals surface area contributed by atoms with Crippen molar-refractivity contribution in [1.82, 2.24) is 9.88 Å². The summed E-state index contributed by atoms with van der Waals surface area (Å²) in [7, 11) is 0. The number of aliphatic hydroxyl groups excluding tert-OH is 1. The van der Waals surface area contributed by atoms with Gasteiger partial charge in [-0.15, -0.1) is 0 Å². The number of aromatic nitrogens is 1. The van der Waals surface area contributed by atoms with Gasteiger partial charge >= 0.3 is 0 Å². The average Bonchev–Trinajstić information content (AvgIpc) is 2.65. The maximum absolute atomic E-state index is 12.6. The number of nitrogens with one attached hydrogen (secondary N) is 2. The zero-order valence-corrected chi connectivity index (χ0v) is 17.2. The summed E-state index contributed by atoms with van der Waals surface area (Å²) in [5.41, 5.74) is 5.64. The summed E-state index contributed by atoms with van der Waals surface area (Å²) in [5, 5.41) is 14.1. The third-order valence-electron chi connectivity index (χ3n) is 4.86. The molecule has 0 aliphatic carbocycles. The Morgan fingerprint density at radius 2 is 1.79 bits per heavy atom. The monoisotopic (exact) mass is 395 g/mol. The molecule has 1 aromatic heterocycles. The summed E-state index contributed by atoms with van der Waals surface area (Å²) in [6.45, 7) is 6.70. The van der Waals surface area contributed by atoms with Crippen LogP contribution in [-0.4, -0.2) is 33.3 Å². The standard InChI is InChI=1S/C22H25N3O2S/c1-14-4-6-19(7-5-14)23-22(28)25(8-9-26)13-18-12-17-10-15(2)16(3)11-20(17)24-21(18)27/h4-7,10-12,26H,8-9,13H2,1-3H3,(H,23,28)(H,24,27). The van der Waals surface area contributed by atoms with Gasteiger partial charge < -0.3 is 20.3 Å². The Kier molecular flexibility index (Phi) is 6.11. The minimum Gasteiger partial charge on any atom is -0.395 e. The van der Waals surface area contributed by atoms with E-state index in [2.05, 4.69) is 23.3 Å². The van der Waals surface area contributed by atoms with Crippen molar-refractivity contribution in [3.05, 3.63) is 75.1 Å². The summed E-state index contributed by atoms with van der Waals surface area (Å²) >= 11 is 5.52. The number of hydrogen-bond acceptors (Lipinski definition) is 3. The molecule has 0 fully saturated rings. The first-order chi connectivity index (χ1) is 13.4. The Balaban J connectivity index is 1.86. The van der Waals surface area contributed by atoms with E-state index in [-0.39, 0.29) is 12.2 Å². The number of rotatable bonds is 5. The summed E-state index contributed by atoms with van der Waals surface area (Å²) in [5.74, 6) is 0. The predicted octanol–water partition coefficient (Wildman–Crippen LogP) is 3.64. The molecule has 0 saturated carbocycles. The number of benzene rings is 2. The van der Waals surface area contributed by atoms with Gasteiger partial charge in [-0.3, -0.25) is 4.79 Å². The molecule has 3 aromatic rings. The number of pyridine rings is 1. The number of thiocarbonyl (C=S) groups is 1. The Morgan fingerprint density at radius 1 is 1.11 bits per heavy atom. The van der Waals surface area contributed by atoms with Crippen molar-refractivity contribution < 1.29 is 5.11 Å². The van der Waals surface area contributed by atoms with E-state index in [0.717, 1.165) is 27.7 Å². The van der Waals surface area contributed by atoms with Crippen molar-refractivity contribution in [3.63, 3.8) is 0 Å². The fourth-order valence-electron chi connectivity index (χ4n) is 3.06. The van der Waals surface area contributed by atoms with Crippen molar-refractivity contribution in [2.24, 2.45) is 0 Å². The molecule has 28 heavy (non-hydrogen) atoms.